The molecule has 2 nitrogen and oxygen atoms in total. The van der Waals surface area contributed by atoms with Crippen LogP contribution in [-0.4, -0.2) is 9.78 Å². The molecule has 0 saturated carbocycles. The number of benzene rings is 3. The second-order valence-corrected chi connectivity index (χ2v) is 6.09. The summed E-state index contributed by atoms with van der Waals surface area (Å²) in [6, 6.07) is 30.8. The van der Waals surface area contributed by atoms with Gasteiger partial charge < -0.3 is 0 Å². The lowest BCUT2D eigenvalue weighted by Crippen LogP contribution is -1.99. The van der Waals surface area contributed by atoms with Crippen molar-refractivity contribution in [2.75, 3.05) is 0 Å². The molecule has 0 amide bonds. The van der Waals surface area contributed by atoms with Gasteiger partial charge in [-0.3, -0.25) is 0 Å². The van der Waals surface area contributed by atoms with Crippen molar-refractivity contribution in [1.29, 1.82) is 0 Å². The maximum atomic E-state index is 4.85. The topological polar surface area (TPSA) is 17.8 Å². The van der Waals surface area contributed by atoms with Gasteiger partial charge in [0.05, 0.1) is 17.1 Å². The van der Waals surface area contributed by atoms with Crippen LogP contribution in [0.4, 0.5) is 0 Å². The molecule has 0 fully saturated rings. The first-order valence-corrected chi connectivity index (χ1v) is 8.26. The van der Waals surface area contributed by atoms with Gasteiger partial charge in [0, 0.05) is 16.0 Å². The molecule has 4 rings (SSSR count). The van der Waals surface area contributed by atoms with Gasteiger partial charge in [-0.25, -0.2) is 4.68 Å². The Bertz CT molecular complexity index is 942. The van der Waals surface area contributed by atoms with Gasteiger partial charge in [0.1, 0.15) is 0 Å². The zero-order valence-corrected chi connectivity index (χ0v) is 13.9. The number of aromatic nitrogens is 2. The van der Waals surface area contributed by atoms with Crippen molar-refractivity contribution in [1.82, 2.24) is 9.78 Å². The summed E-state index contributed by atoms with van der Waals surface area (Å²) in [5.41, 5.74) is 5.31. The Morgan fingerprint density at radius 2 is 1.25 bits per heavy atom. The summed E-state index contributed by atoms with van der Waals surface area (Å²) in [5.74, 6) is 0. The summed E-state index contributed by atoms with van der Waals surface area (Å²) in [6.07, 6.45) is 0. The fourth-order valence-corrected chi connectivity index (χ4v) is 2.89. The Morgan fingerprint density at radius 3 is 1.88 bits per heavy atom. The Hall–Kier alpha value is -2.78. The third-order valence-corrected chi connectivity index (χ3v) is 4.24. The zero-order chi connectivity index (χ0) is 16.4. The van der Waals surface area contributed by atoms with Gasteiger partial charge in [0.15, 0.2) is 0 Å². The Labute approximate surface area is 146 Å². The normalized spacial score (nSPS) is 10.7. The number of rotatable bonds is 3. The van der Waals surface area contributed by atoms with E-state index in [2.05, 4.69) is 43.0 Å². The SMILES string of the molecule is Sc1ccc(-n2nc(-c3ccccc3)cc2-c2ccccc2)cc1. The average molecular weight is 328 g/mol. The smallest absolute Gasteiger partial charge is 0.0934 e. The van der Waals surface area contributed by atoms with E-state index in [1.165, 1.54) is 0 Å². The third kappa shape index (κ3) is 2.86. The summed E-state index contributed by atoms with van der Waals surface area (Å²) in [5, 5.41) is 4.85. The molecule has 3 aromatic carbocycles. The molecule has 0 radical (unpaired) electrons. The van der Waals surface area contributed by atoms with Gasteiger partial charge >= 0.3 is 0 Å². The molecule has 0 saturated heterocycles. The number of nitrogens with zero attached hydrogens (tertiary/aromatic N) is 2. The number of hydrogen-bond acceptors (Lipinski definition) is 2. The minimum Gasteiger partial charge on any atom is -0.232 e. The van der Waals surface area contributed by atoms with E-state index in [0.29, 0.717) is 0 Å². The first kappa shape index (κ1) is 14.8. The van der Waals surface area contributed by atoms with E-state index in [1.54, 1.807) is 0 Å². The average Bonchev–Trinajstić information content (AvgIpc) is 3.09. The first-order chi connectivity index (χ1) is 11.8. The van der Waals surface area contributed by atoms with Gasteiger partial charge in [-0.2, -0.15) is 5.10 Å². The van der Waals surface area contributed by atoms with E-state index in [9.17, 15) is 0 Å². The van der Waals surface area contributed by atoms with Crippen LogP contribution in [0.25, 0.3) is 28.2 Å². The fraction of sp³-hybridized carbons (Fsp3) is 0. The Kier molecular flexibility index (Phi) is 3.93. The summed E-state index contributed by atoms with van der Waals surface area (Å²) in [4.78, 5) is 0.940. The van der Waals surface area contributed by atoms with E-state index >= 15 is 0 Å². The summed E-state index contributed by atoms with van der Waals surface area (Å²) in [7, 11) is 0. The van der Waals surface area contributed by atoms with E-state index < -0.39 is 0 Å². The minimum atomic E-state index is 0.940. The molecule has 24 heavy (non-hydrogen) atoms. The first-order valence-electron chi connectivity index (χ1n) is 7.81. The molecule has 0 spiro atoms. The Morgan fingerprint density at radius 1 is 0.667 bits per heavy atom. The van der Waals surface area contributed by atoms with Crippen LogP contribution in [0.3, 0.4) is 0 Å². The van der Waals surface area contributed by atoms with Crippen LogP contribution in [0, 0.1) is 0 Å². The van der Waals surface area contributed by atoms with Crippen molar-refractivity contribution < 1.29 is 0 Å². The van der Waals surface area contributed by atoms with Gasteiger partial charge in [-0.05, 0) is 30.3 Å². The molecular formula is C21H16N2S. The second-order valence-electron chi connectivity index (χ2n) is 5.58. The molecule has 0 aliphatic rings. The zero-order valence-electron chi connectivity index (χ0n) is 13.0. The van der Waals surface area contributed by atoms with E-state index in [0.717, 1.165) is 33.1 Å². The molecule has 4 aromatic rings. The fourth-order valence-electron chi connectivity index (χ4n) is 2.74. The highest BCUT2D eigenvalue weighted by molar-refractivity contribution is 7.80. The van der Waals surface area contributed by atoms with Crippen LogP contribution in [0.1, 0.15) is 0 Å². The number of hydrogen-bond donors (Lipinski definition) is 1. The molecule has 0 unspecified atom stereocenters. The lowest BCUT2D eigenvalue weighted by atomic mass is 10.1. The van der Waals surface area contributed by atoms with E-state index in [-0.39, 0.29) is 0 Å². The molecule has 1 aromatic heterocycles. The van der Waals surface area contributed by atoms with Crippen LogP contribution in [0.15, 0.2) is 95.9 Å². The number of thiol groups is 1. The van der Waals surface area contributed by atoms with E-state index in [4.69, 9.17) is 5.10 Å². The highest BCUT2D eigenvalue weighted by Crippen LogP contribution is 2.28. The van der Waals surface area contributed by atoms with Crippen LogP contribution in [-0.2, 0) is 0 Å². The van der Waals surface area contributed by atoms with Gasteiger partial charge in [-0.15, -0.1) is 12.6 Å². The van der Waals surface area contributed by atoms with Crippen molar-refractivity contribution in [2.24, 2.45) is 0 Å². The molecule has 0 atom stereocenters. The third-order valence-electron chi connectivity index (χ3n) is 3.94. The molecule has 0 N–H and O–H groups in total. The molecule has 1 heterocycles. The molecular weight excluding hydrogens is 312 g/mol. The summed E-state index contributed by atoms with van der Waals surface area (Å²) >= 11 is 4.37. The quantitative estimate of drug-likeness (QED) is 0.492. The van der Waals surface area contributed by atoms with Gasteiger partial charge in [0.2, 0.25) is 0 Å². The standard InChI is InChI=1S/C21H16N2S/c24-19-13-11-18(12-14-19)23-21(17-9-5-2-6-10-17)15-20(22-23)16-7-3-1-4-8-16/h1-15,24H. The van der Waals surface area contributed by atoms with Crippen LogP contribution < -0.4 is 0 Å². The largest absolute Gasteiger partial charge is 0.232 e. The van der Waals surface area contributed by atoms with Gasteiger partial charge in [-0.1, -0.05) is 60.7 Å². The van der Waals surface area contributed by atoms with Crippen LogP contribution in [0.5, 0.6) is 0 Å². The predicted octanol–water partition coefficient (Wildman–Crippen LogP) is 5.50. The van der Waals surface area contributed by atoms with Crippen LogP contribution in [0.2, 0.25) is 0 Å². The van der Waals surface area contributed by atoms with Crippen molar-refractivity contribution in [3.05, 3.63) is 91.0 Å². The van der Waals surface area contributed by atoms with E-state index in [1.807, 2.05) is 65.3 Å². The van der Waals surface area contributed by atoms with Crippen molar-refractivity contribution in [3.8, 4) is 28.2 Å². The molecule has 0 bridgehead atoms. The highest BCUT2D eigenvalue weighted by atomic mass is 32.1. The predicted molar refractivity (Wildman–Crippen MR) is 102 cm³/mol. The summed E-state index contributed by atoms with van der Waals surface area (Å²) < 4.78 is 1.99. The maximum Gasteiger partial charge on any atom is 0.0934 e. The van der Waals surface area contributed by atoms with Crippen molar-refractivity contribution in [2.45, 2.75) is 4.90 Å². The second kappa shape index (κ2) is 6.38. The Balaban J connectivity index is 1.90. The molecule has 0 aliphatic heterocycles. The minimum absolute atomic E-state index is 0.940. The molecule has 3 heteroatoms. The van der Waals surface area contributed by atoms with Crippen molar-refractivity contribution in [3.63, 3.8) is 0 Å². The van der Waals surface area contributed by atoms with Gasteiger partial charge in [0.25, 0.3) is 0 Å². The highest BCUT2D eigenvalue weighted by Gasteiger charge is 2.12. The maximum absolute atomic E-state index is 4.85. The molecule has 0 aliphatic carbocycles. The molecule has 116 valence electrons. The monoisotopic (exact) mass is 328 g/mol. The van der Waals surface area contributed by atoms with Crippen LogP contribution >= 0.6 is 12.6 Å². The summed E-state index contributed by atoms with van der Waals surface area (Å²) in [6.45, 7) is 0. The lowest BCUT2D eigenvalue weighted by Gasteiger charge is -2.07. The van der Waals surface area contributed by atoms with Crippen molar-refractivity contribution >= 4 is 12.6 Å². The lowest BCUT2D eigenvalue weighted by molar-refractivity contribution is 0.890.